The number of fused-ring (bicyclic) bond motifs is 2. The lowest BCUT2D eigenvalue weighted by atomic mass is 10.2. The van der Waals surface area contributed by atoms with E-state index in [9.17, 15) is 18.0 Å². The maximum absolute atomic E-state index is 12.4. The number of hydrogen-bond donors (Lipinski definition) is 2. The highest BCUT2D eigenvalue weighted by molar-refractivity contribution is 7.90. The second-order valence-electron chi connectivity index (χ2n) is 6.89. The third-order valence-electron chi connectivity index (χ3n) is 4.63. The molecule has 162 valence electrons. The Morgan fingerprint density at radius 3 is 2.68 bits per heavy atom. The van der Waals surface area contributed by atoms with Crippen LogP contribution in [-0.2, 0) is 24.3 Å². The molecule has 0 aromatic heterocycles. The first kappa shape index (κ1) is 20.7. The molecule has 0 saturated heterocycles. The van der Waals surface area contributed by atoms with E-state index in [0.717, 1.165) is 0 Å². The van der Waals surface area contributed by atoms with Crippen LogP contribution < -0.4 is 19.5 Å². The van der Waals surface area contributed by atoms with Crippen LogP contribution in [0.4, 0.5) is 5.69 Å². The molecule has 2 aliphatic heterocycles. The topological polar surface area (TPSA) is 132 Å². The van der Waals surface area contributed by atoms with E-state index in [1.54, 1.807) is 36.4 Å². The van der Waals surface area contributed by atoms with Crippen molar-refractivity contribution < 1.29 is 32.2 Å². The predicted octanol–water partition coefficient (Wildman–Crippen LogP) is 1.41. The van der Waals surface area contributed by atoms with Crippen molar-refractivity contribution in [1.29, 1.82) is 0 Å². The fraction of sp³-hybridized carbons (Fsp3) is 0.250. The number of benzene rings is 2. The Morgan fingerprint density at radius 2 is 1.87 bits per heavy atom. The van der Waals surface area contributed by atoms with Gasteiger partial charge in [0.1, 0.15) is 11.9 Å². The molecular weight excluding hydrogens is 426 g/mol. The minimum Gasteiger partial charge on any atom is -0.454 e. The number of carbonyl (C=O) groups is 2. The molecule has 31 heavy (non-hydrogen) atoms. The Morgan fingerprint density at radius 1 is 1.13 bits per heavy atom. The highest BCUT2D eigenvalue weighted by atomic mass is 32.2. The summed E-state index contributed by atoms with van der Waals surface area (Å²) in [6.07, 6.45) is -1.10. The molecule has 2 atom stereocenters. The van der Waals surface area contributed by atoms with Crippen LogP contribution in [-0.4, -0.2) is 45.1 Å². The molecule has 2 aromatic rings. The normalized spacial score (nSPS) is 18.6. The van der Waals surface area contributed by atoms with Crippen molar-refractivity contribution >= 4 is 33.4 Å². The number of nitrogens with one attached hydrogen (secondary N) is 2. The standard InChI is InChI=1S/C20H19N3O7S/c1-11(21-18-14-5-3-4-6-17(14)31(26,27)23-18)20(25)30-12(2)19(24)22-13-7-8-15-16(9-13)29-10-28-15/h3-9,11-12H,10H2,1-2H3,(H,21,23)(H,22,24). The number of esters is 1. The summed E-state index contributed by atoms with van der Waals surface area (Å²) in [5.41, 5.74) is 0.832. The number of anilines is 1. The molecular formula is C20H19N3O7S. The molecule has 2 N–H and O–H groups in total. The van der Waals surface area contributed by atoms with E-state index in [0.29, 0.717) is 22.7 Å². The van der Waals surface area contributed by atoms with E-state index >= 15 is 0 Å². The number of rotatable bonds is 5. The van der Waals surface area contributed by atoms with Crippen LogP contribution in [0.25, 0.3) is 0 Å². The molecule has 1 amide bonds. The first-order chi connectivity index (χ1) is 14.7. The summed E-state index contributed by atoms with van der Waals surface area (Å²) in [7, 11) is -3.72. The Labute approximate surface area is 178 Å². The van der Waals surface area contributed by atoms with Gasteiger partial charge < -0.3 is 19.5 Å². The first-order valence-electron chi connectivity index (χ1n) is 9.35. The van der Waals surface area contributed by atoms with E-state index in [1.807, 2.05) is 0 Å². The van der Waals surface area contributed by atoms with E-state index in [4.69, 9.17) is 14.2 Å². The second kappa shape index (κ2) is 7.91. The van der Waals surface area contributed by atoms with Gasteiger partial charge in [0.15, 0.2) is 17.6 Å². The number of carbonyl (C=O) groups excluding carboxylic acids is 2. The van der Waals surface area contributed by atoms with Gasteiger partial charge in [-0.3, -0.25) is 14.5 Å². The van der Waals surface area contributed by atoms with Crippen LogP contribution in [0.2, 0.25) is 0 Å². The lowest BCUT2D eigenvalue weighted by Gasteiger charge is -2.15. The number of hydrogen-bond acceptors (Lipinski definition) is 8. The van der Waals surface area contributed by atoms with Crippen molar-refractivity contribution in [3.05, 3.63) is 48.0 Å². The lowest BCUT2D eigenvalue weighted by molar-refractivity contribution is -0.153. The van der Waals surface area contributed by atoms with Gasteiger partial charge in [0.25, 0.3) is 15.9 Å². The molecule has 0 saturated carbocycles. The maximum atomic E-state index is 12.4. The Kier molecular flexibility index (Phi) is 5.27. The zero-order valence-corrected chi connectivity index (χ0v) is 17.4. The molecule has 4 rings (SSSR count). The van der Waals surface area contributed by atoms with Crippen molar-refractivity contribution in [1.82, 2.24) is 4.72 Å². The van der Waals surface area contributed by atoms with Gasteiger partial charge in [0.05, 0.1) is 4.90 Å². The van der Waals surface area contributed by atoms with Crippen molar-refractivity contribution in [2.75, 3.05) is 12.1 Å². The SMILES string of the molecule is CC(N=C1NS(=O)(=O)c2ccccc21)C(=O)OC(C)C(=O)Nc1ccc2c(c1)OCO2. The summed E-state index contributed by atoms with van der Waals surface area (Å²) in [6, 6.07) is 10.2. The van der Waals surface area contributed by atoms with Gasteiger partial charge in [0, 0.05) is 17.3 Å². The fourth-order valence-electron chi connectivity index (χ4n) is 3.02. The molecule has 2 heterocycles. The smallest absolute Gasteiger partial charge is 0.331 e. The summed E-state index contributed by atoms with van der Waals surface area (Å²) in [6.45, 7) is 2.99. The van der Waals surface area contributed by atoms with Crippen molar-refractivity contribution in [2.45, 2.75) is 30.9 Å². The zero-order chi connectivity index (χ0) is 22.2. The van der Waals surface area contributed by atoms with Crippen LogP contribution in [0.1, 0.15) is 19.4 Å². The average molecular weight is 445 g/mol. The number of ether oxygens (including phenoxy) is 3. The van der Waals surface area contributed by atoms with Gasteiger partial charge >= 0.3 is 5.97 Å². The quantitative estimate of drug-likeness (QED) is 0.665. The summed E-state index contributed by atoms with van der Waals surface area (Å²) in [5, 5.41) is 2.63. The van der Waals surface area contributed by atoms with Gasteiger partial charge in [0.2, 0.25) is 6.79 Å². The molecule has 2 aromatic carbocycles. The Hall–Kier alpha value is -3.60. The van der Waals surface area contributed by atoms with Gasteiger partial charge in [-0.2, -0.15) is 0 Å². The largest absolute Gasteiger partial charge is 0.454 e. The van der Waals surface area contributed by atoms with Crippen LogP contribution in [0.15, 0.2) is 52.4 Å². The third kappa shape index (κ3) is 4.17. The number of amidine groups is 1. The Bertz CT molecular complexity index is 1190. The maximum Gasteiger partial charge on any atom is 0.331 e. The Balaban J connectivity index is 1.40. The van der Waals surface area contributed by atoms with Crippen LogP contribution in [0.3, 0.4) is 0 Å². The summed E-state index contributed by atoms with van der Waals surface area (Å²) >= 11 is 0. The molecule has 2 unspecified atom stereocenters. The minimum absolute atomic E-state index is 0.0533. The molecule has 0 aliphatic carbocycles. The van der Waals surface area contributed by atoms with Crippen LogP contribution in [0.5, 0.6) is 11.5 Å². The lowest BCUT2D eigenvalue weighted by Crippen LogP contribution is -2.33. The molecule has 11 heteroatoms. The van der Waals surface area contributed by atoms with E-state index in [2.05, 4.69) is 15.0 Å². The van der Waals surface area contributed by atoms with Gasteiger partial charge in [-0.25, -0.2) is 13.2 Å². The monoisotopic (exact) mass is 445 g/mol. The number of nitrogens with zero attached hydrogens (tertiary/aromatic N) is 1. The number of amides is 1. The van der Waals surface area contributed by atoms with Crippen molar-refractivity contribution in [3.8, 4) is 11.5 Å². The third-order valence-corrected chi connectivity index (χ3v) is 6.03. The van der Waals surface area contributed by atoms with E-state index < -0.39 is 34.0 Å². The summed E-state index contributed by atoms with van der Waals surface area (Å²) in [4.78, 5) is 29.0. The van der Waals surface area contributed by atoms with Gasteiger partial charge in [-0.05, 0) is 38.1 Å². The van der Waals surface area contributed by atoms with Crippen LogP contribution >= 0.6 is 0 Å². The number of sulfonamides is 1. The van der Waals surface area contributed by atoms with Crippen LogP contribution in [0, 0.1) is 0 Å². The molecule has 0 fully saturated rings. The molecule has 0 bridgehead atoms. The average Bonchev–Trinajstić information content (AvgIpc) is 3.30. The summed E-state index contributed by atoms with van der Waals surface area (Å²) in [5.74, 6) is -0.179. The van der Waals surface area contributed by atoms with Gasteiger partial charge in [-0.1, -0.05) is 12.1 Å². The number of aliphatic imine (C=N–C) groups is 1. The fourth-order valence-corrected chi connectivity index (χ4v) is 4.26. The van der Waals surface area contributed by atoms with Crippen molar-refractivity contribution in [2.24, 2.45) is 4.99 Å². The zero-order valence-electron chi connectivity index (χ0n) is 16.6. The highest BCUT2D eigenvalue weighted by Gasteiger charge is 2.31. The highest BCUT2D eigenvalue weighted by Crippen LogP contribution is 2.34. The molecule has 0 radical (unpaired) electrons. The molecule has 0 spiro atoms. The van der Waals surface area contributed by atoms with Crippen molar-refractivity contribution in [3.63, 3.8) is 0 Å². The molecule has 10 nitrogen and oxygen atoms in total. The van der Waals surface area contributed by atoms with E-state index in [-0.39, 0.29) is 17.5 Å². The van der Waals surface area contributed by atoms with Gasteiger partial charge in [-0.15, -0.1) is 0 Å². The minimum atomic E-state index is -3.72. The molecule has 2 aliphatic rings. The second-order valence-corrected chi connectivity index (χ2v) is 8.54. The summed E-state index contributed by atoms with van der Waals surface area (Å²) < 4.78 is 42.3. The van der Waals surface area contributed by atoms with E-state index in [1.165, 1.54) is 19.9 Å². The predicted molar refractivity (Wildman–Crippen MR) is 110 cm³/mol. The first-order valence-corrected chi connectivity index (χ1v) is 10.8.